The van der Waals surface area contributed by atoms with E-state index in [1.165, 1.54) is 0 Å². The minimum atomic E-state index is -0.414. The lowest BCUT2D eigenvalue weighted by Crippen LogP contribution is -2.40. The van der Waals surface area contributed by atoms with E-state index in [2.05, 4.69) is 0 Å². The van der Waals surface area contributed by atoms with Crippen LogP contribution in [-0.2, 0) is 4.79 Å². The average molecular weight is 172 g/mol. The SMILES string of the molecule is C[C@@H](N)C(=O)N1CC[C@@H](CO)C1. The third kappa shape index (κ3) is 1.95. The van der Waals surface area contributed by atoms with Crippen LogP contribution in [0, 0.1) is 5.92 Å². The number of hydrogen-bond acceptors (Lipinski definition) is 3. The molecular weight excluding hydrogens is 156 g/mol. The molecule has 1 aliphatic heterocycles. The molecule has 1 saturated heterocycles. The third-order valence-corrected chi connectivity index (χ3v) is 2.25. The molecule has 3 N–H and O–H groups in total. The summed E-state index contributed by atoms with van der Waals surface area (Å²) in [5, 5.41) is 8.83. The van der Waals surface area contributed by atoms with Crippen LogP contribution in [0.2, 0.25) is 0 Å². The summed E-state index contributed by atoms with van der Waals surface area (Å²) in [6, 6.07) is -0.414. The van der Waals surface area contributed by atoms with Crippen LogP contribution in [0.15, 0.2) is 0 Å². The van der Waals surface area contributed by atoms with Gasteiger partial charge in [0.25, 0.3) is 0 Å². The van der Waals surface area contributed by atoms with Crippen molar-refractivity contribution in [1.29, 1.82) is 0 Å². The molecule has 0 saturated carbocycles. The molecule has 4 nitrogen and oxygen atoms in total. The highest BCUT2D eigenvalue weighted by molar-refractivity contribution is 5.81. The molecule has 0 unspecified atom stereocenters. The van der Waals surface area contributed by atoms with Gasteiger partial charge in [-0.05, 0) is 13.3 Å². The zero-order chi connectivity index (χ0) is 9.14. The van der Waals surface area contributed by atoms with E-state index in [0.717, 1.165) is 13.0 Å². The molecule has 70 valence electrons. The molecule has 0 aliphatic carbocycles. The van der Waals surface area contributed by atoms with Gasteiger partial charge in [0, 0.05) is 25.6 Å². The second kappa shape index (κ2) is 3.87. The van der Waals surface area contributed by atoms with Crippen molar-refractivity contribution >= 4 is 5.91 Å². The molecule has 4 heteroatoms. The summed E-state index contributed by atoms with van der Waals surface area (Å²) in [7, 11) is 0. The second-order valence-corrected chi connectivity index (χ2v) is 3.41. The van der Waals surface area contributed by atoms with Crippen molar-refractivity contribution in [1.82, 2.24) is 4.90 Å². The van der Waals surface area contributed by atoms with Crippen molar-refractivity contribution in [3.05, 3.63) is 0 Å². The number of amides is 1. The molecule has 0 aromatic carbocycles. The third-order valence-electron chi connectivity index (χ3n) is 2.25. The minimum Gasteiger partial charge on any atom is -0.396 e. The molecular formula is C8H16N2O2. The van der Waals surface area contributed by atoms with Gasteiger partial charge >= 0.3 is 0 Å². The fourth-order valence-corrected chi connectivity index (χ4v) is 1.47. The van der Waals surface area contributed by atoms with Crippen molar-refractivity contribution in [2.45, 2.75) is 19.4 Å². The summed E-state index contributed by atoms with van der Waals surface area (Å²) in [5.41, 5.74) is 5.45. The Bertz CT molecular complexity index is 170. The second-order valence-electron chi connectivity index (χ2n) is 3.41. The Morgan fingerprint density at radius 1 is 1.83 bits per heavy atom. The van der Waals surface area contributed by atoms with Crippen molar-refractivity contribution in [2.75, 3.05) is 19.7 Å². The Morgan fingerprint density at radius 2 is 2.50 bits per heavy atom. The van der Waals surface area contributed by atoms with Gasteiger partial charge in [-0.3, -0.25) is 4.79 Å². The van der Waals surface area contributed by atoms with Gasteiger partial charge < -0.3 is 15.7 Å². The first kappa shape index (κ1) is 9.48. The first-order chi connectivity index (χ1) is 5.65. The van der Waals surface area contributed by atoms with Crippen molar-refractivity contribution in [3.8, 4) is 0 Å². The maximum Gasteiger partial charge on any atom is 0.239 e. The minimum absolute atomic E-state index is 0.00838. The number of aliphatic hydroxyl groups excluding tert-OH is 1. The highest BCUT2D eigenvalue weighted by Crippen LogP contribution is 2.15. The van der Waals surface area contributed by atoms with Gasteiger partial charge in [0.05, 0.1) is 6.04 Å². The van der Waals surface area contributed by atoms with Crippen LogP contribution in [0.25, 0.3) is 0 Å². The van der Waals surface area contributed by atoms with Crippen LogP contribution in [0.4, 0.5) is 0 Å². The van der Waals surface area contributed by atoms with Gasteiger partial charge in [-0.15, -0.1) is 0 Å². The molecule has 0 aromatic heterocycles. The van der Waals surface area contributed by atoms with Crippen LogP contribution in [0.3, 0.4) is 0 Å². The Labute approximate surface area is 72.3 Å². The van der Waals surface area contributed by atoms with Gasteiger partial charge in [0.1, 0.15) is 0 Å². The largest absolute Gasteiger partial charge is 0.396 e. The van der Waals surface area contributed by atoms with Crippen molar-refractivity contribution in [3.63, 3.8) is 0 Å². The summed E-state index contributed by atoms with van der Waals surface area (Å²) in [6.45, 7) is 3.26. The van der Waals surface area contributed by atoms with Crippen molar-refractivity contribution < 1.29 is 9.90 Å². The quantitative estimate of drug-likeness (QED) is 0.571. The molecule has 0 aromatic rings. The highest BCUT2D eigenvalue weighted by atomic mass is 16.3. The molecule has 1 rings (SSSR count). The summed E-state index contributed by atoms with van der Waals surface area (Å²) < 4.78 is 0. The molecule has 0 spiro atoms. The van der Waals surface area contributed by atoms with Gasteiger partial charge in [-0.2, -0.15) is 0 Å². The molecule has 0 bridgehead atoms. The fraction of sp³-hybridized carbons (Fsp3) is 0.875. The van der Waals surface area contributed by atoms with Crippen LogP contribution in [-0.4, -0.2) is 41.7 Å². The smallest absolute Gasteiger partial charge is 0.239 e. The van der Waals surface area contributed by atoms with E-state index >= 15 is 0 Å². The lowest BCUT2D eigenvalue weighted by molar-refractivity contribution is -0.131. The number of carbonyl (C=O) groups excluding carboxylic acids is 1. The normalized spacial score (nSPS) is 25.9. The topological polar surface area (TPSA) is 66.6 Å². The van der Waals surface area contributed by atoms with Crippen molar-refractivity contribution in [2.24, 2.45) is 11.7 Å². The monoisotopic (exact) mass is 172 g/mol. The molecule has 1 heterocycles. The Kier molecular flexibility index (Phi) is 3.05. The predicted molar refractivity (Wildman–Crippen MR) is 45.4 cm³/mol. The van der Waals surface area contributed by atoms with Crippen LogP contribution in [0.5, 0.6) is 0 Å². The predicted octanol–water partition coefficient (Wildman–Crippen LogP) is -0.826. The van der Waals surface area contributed by atoms with Crippen LogP contribution in [0.1, 0.15) is 13.3 Å². The Morgan fingerprint density at radius 3 is 2.92 bits per heavy atom. The fourth-order valence-electron chi connectivity index (χ4n) is 1.47. The molecule has 0 radical (unpaired) electrons. The summed E-state index contributed by atoms with van der Waals surface area (Å²) >= 11 is 0. The first-order valence-corrected chi connectivity index (χ1v) is 4.30. The van der Waals surface area contributed by atoms with Crippen LogP contribution < -0.4 is 5.73 Å². The molecule has 1 aliphatic rings. The average Bonchev–Trinajstić information content (AvgIpc) is 2.50. The number of hydrogen-bond donors (Lipinski definition) is 2. The van der Waals surface area contributed by atoms with E-state index in [1.54, 1.807) is 11.8 Å². The Hall–Kier alpha value is -0.610. The molecule has 2 atom stereocenters. The first-order valence-electron chi connectivity index (χ1n) is 4.30. The maximum atomic E-state index is 11.3. The van der Waals surface area contributed by atoms with Gasteiger partial charge in [0.2, 0.25) is 5.91 Å². The van der Waals surface area contributed by atoms with E-state index in [-0.39, 0.29) is 18.4 Å². The number of nitrogens with zero attached hydrogens (tertiary/aromatic N) is 1. The standard InChI is InChI=1S/C8H16N2O2/c1-6(9)8(12)10-3-2-7(4-10)5-11/h6-7,11H,2-5,9H2,1H3/t6-,7-/m1/s1. The lowest BCUT2D eigenvalue weighted by Gasteiger charge is -2.18. The van der Waals surface area contributed by atoms with E-state index in [9.17, 15) is 4.79 Å². The lowest BCUT2D eigenvalue weighted by atomic mass is 10.1. The maximum absolute atomic E-state index is 11.3. The van der Waals surface area contributed by atoms with Gasteiger partial charge in [0.15, 0.2) is 0 Å². The number of rotatable bonds is 2. The number of likely N-dealkylation sites (tertiary alicyclic amines) is 1. The molecule has 1 amide bonds. The summed E-state index contributed by atoms with van der Waals surface area (Å²) in [4.78, 5) is 13.1. The number of aliphatic hydroxyl groups is 1. The Balaban J connectivity index is 2.41. The number of nitrogens with two attached hydrogens (primary N) is 1. The zero-order valence-electron chi connectivity index (χ0n) is 7.36. The van der Waals surface area contributed by atoms with Gasteiger partial charge in [-0.1, -0.05) is 0 Å². The van der Waals surface area contributed by atoms with E-state index in [1.807, 2.05) is 0 Å². The summed E-state index contributed by atoms with van der Waals surface area (Å²) in [6.07, 6.45) is 0.898. The van der Waals surface area contributed by atoms with E-state index in [4.69, 9.17) is 10.8 Å². The highest BCUT2D eigenvalue weighted by Gasteiger charge is 2.26. The van der Waals surface area contributed by atoms with E-state index in [0.29, 0.717) is 6.54 Å². The van der Waals surface area contributed by atoms with Crippen LogP contribution >= 0.6 is 0 Å². The molecule has 12 heavy (non-hydrogen) atoms. The zero-order valence-corrected chi connectivity index (χ0v) is 7.36. The summed E-state index contributed by atoms with van der Waals surface area (Å²) in [5.74, 6) is 0.249. The molecule has 1 fully saturated rings. The van der Waals surface area contributed by atoms with E-state index < -0.39 is 6.04 Å². The number of carbonyl (C=O) groups is 1. The van der Waals surface area contributed by atoms with Gasteiger partial charge in [-0.25, -0.2) is 0 Å².